The van der Waals surface area contributed by atoms with Gasteiger partial charge in [0.05, 0.1) is 0 Å². The zero-order chi connectivity index (χ0) is 22.6. The van der Waals surface area contributed by atoms with E-state index in [-0.39, 0.29) is 10.8 Å². The molecule has 1 heterocycles. The molecule has 0 spiro atoms. The Balaban J connectivity index is 1.63. The van der Waals surface area contributed by atoms with Crippen LogP contribution >= 0.6 is 0 Å². The summed E-state index contributed by atoms with van der Waals surface area (Å²) in [5.41, 5.74) is 7.33. The summed E-state index contributed by atoms with van der Waals surface area (Å²) in [6.45, 7) is 24.5. The van der Waals surface area contributed by atoms with E-state index in [4.69, 9.17) is 0 Å². The number of allylic oxidation sites excluding steroid dienone is 3. The van der Waals surface area contributed by atoms with Gasteiger partial charge in [0.15, 0.2) is 0 Å². The molecule has 0 N–H and O–H groups in total. The van der Waals surface area contributed by atoms with E-state index in [1.807, 2.05) is 0 Å². The smallest absolute Gasteiger partial charge is 0.0303 e. The van der Waals surface area contributed by atoms with Gasteiger partial charge in [0, 0.05) is 31.9 Å². The second-order valence-electron chi connectivity index (χ2n) is 11.2. The predicted octanol–water partition coefficient (Wildman–Crippen LogP) is 7.15. The Hall–Kier alpha value is -1.54. The maximum atomic E-state index is 4.45. The molecule has 1 aromatic carbocycles. The number of nitrogens with zero attached hydrogens (tertiary/aromatic N) is 2. The van der Waals surface area contributed by atoms with Gasteiger partial charge in [-0.15, -0.1) is 0 Å². The number of unbranched alkanes of at least 4 members (excludes halogenated alkanes) is 3. The highest BCUT2D eigenvalue weighted by atomic mass is 15.3. The van der Waals surface area contributed by atoms with E-state index in [0.29, 0.717) is 0 Å². The van der Waals surface area contributed by atoms with Crippen LogP contribution < -0.4 is 0 Å². The Bertz CT molecular complexity index is 791. The van der Waals surface area contributed by atoms with Crippen molar-refractivity contribution in [2.75, 3.05) is 32.7 Å². The maximum absolute atomic E-state index is 4.45. The SMILES string of the molecule is C=C(/C=C(\C)N1CCN(CCCCCC)CC1)c1ccc2c(c1)C(C)(C)CCC2(C)C. The quantitative estimate of drug-likeness (QED) is 0.324. The Morgan fingerprint density at radius 1 is 0.935 bits per heavy atom. The number of fused-ring (bicyclic) bond motifs is 1. The third kappa shape index (κ3) is 5.83. The normalized spacial score (nSPS) is 21.1. The van der Waals surface area contributed by atoms with Crippen LogP contribution in [0.3, 0.4) is 0 Å². The predicted molar refractivity (Wildman–Crippen MR) is 137 cm³/mol. The molecule has 2 nitrogen and oxygen atoms in total. The van der Waals surface area contributed by atoms with Gasteiger partial charge in [0.2, 0.25) is 0 Å². The number of rotatable bonds is 8. The zero-order valence-corrected chi connectivity index (χ0v) is 21.2. The highest BCUT2D eigenvalue weighted by Crippen LogP contribution is 2.46. The fraction of sp³-hybridized carbons (Fsp3) is 0.655. The van der Waals surface area contributed by atoms with Crippen molar-refractivity contribution in [3.05, 3.63) is 53.2 Å². The number of benzene rings is 1. The second-order valence-corrected chi connectivity index (χ2v) is 11.2. The van der Waals surface area contributed by atoms with Crippen LogP contribution in [0.4, 0.5) is 0 Å². The van der Waals surface area contributed by atoms with Crippen molar-refractivity contribution in [2.45, 2.75) is 90.9 Å². The van der Waals surface area contributed by atoms with Crippen molar-refractivity contribution in [3.8, 4) is 0 Å². The average Bonchev–Trinajstić information content (AvgIpc) is 2.74. The fourth-order valence-corrected chi connectivity index (χ4v) is 5.30. The molecule has 172 valence electrons. The van der Waals surface area contributed by atoms with Crippen molar-refractivity contribution in [2.24, 2.45) is 0 Å². The van der Waals surface area contributed by atoms with Crippen LogP contribution in [0, 0.1) is 0 Å². The lowest BCUT2D eigenvalue weighted by atomic mass is 9.63. The van der Waals surface area contributed by atoms with E-state index < -0.39 is 0 Å². The van der Waals surface area contributed by atoms with Crippen LogP contribution in [0.5, 0.6) is 0 Å². The Morgan fingerprint density at radius 2 is 1.58 bits per heavy atom. The molecule has 1 fully saturated rings. The maximum Gasteiger partial charge on any atom is 0.0303 e. The van der Waals surface area contributed by atoms with Crippen molar-refractivity contribution in [3.63, 3.8) is 0 Å². The van der Waals surface area contributed by atoms with E-state index in [9.17, 15) is 0 Å². The van der Waals surface area contributed by atoms with Gasteiger partial charge in [0.1, 0.15) is 0 Å². The zero-order valence-electron chi connectivity index (χ0n) is 21.2. The largest absolute Gasteiger partial charge is 0.372 e. The third-order valence-corrected chi connectivity index (χ3v) is 7.81. The fourth-order valence-electron chi connectivity index (χ4n) is 5.30. The average molecular weight is 423 g/mol. The van der Waals surface area contributed by atoms with Gasteiger partial charge in [-0.25, -0.2) is 0 Å². The van der Waals surface area contributed by atoms with Crippen LogP contribution in [0.25, 0.3) is 5.57 Å². The van der Waals surface area contributed by atoms with E-state index in [1.165, 1.54) is 80.5 Å². The van der Waals surface area contributed by atoms with Crippen molar-refractivity contribution in [1.29, 1.82) is 0 Å². The first-order valence-corrected chi connectivity index (χ1v) is 12.6. The van der Waals surface area contributed by atoms with Crippen LogP contribution in [-0.2, 0) is 10.8 Å². The van der Waals surface area contributed by atoms with Gasteiger partial charge in [-0.05, 0) is 71.9 Å². The summed E-state index contributed by atoms with van der Waals surface area (Å²) in [4.78, 5) is 5.18. The molecule has 0 radical (unpaired) electrons. The van der Waals surface area contributed by atoms with Crippen molar-refractivity contribution in [1.82, 2.24) is 9.80 Å². The molecule has 1 aliphatic carbocycles. The number of hydrogen-bond acceptors (Lipinski definition) is 2. The monoisotopic (exact) mass is 422 g/mol. The third-order valence-electron chi connectivity index (χ3n) is 7.81. The molecule has 2 aliphatic rings. The second kappa shape index (κ2) is 9.94. The molecule has 0 atom stereocenters. The minimum Gasteiger partial charge on any atom is -0.372 e. The van der Waals surface area contributed by atoms with Crippen LogP contribution in [-0.4, -0.2) is 42.5 Å². The van der Waals surface area contributed by atoms with Gasteiger partial charge in [-0.1, -0.05) is 78.7 Å². The molecule has 0 aromatic heterocycles. The molecule has 2 heteroatoms. The molecule has 0 unspecified atom stereocenters. The highest BCUT2D eigenvalue weighted by Gasteiger charge is 2.36. The molecule has 3 rings (SSSR count). The molecule has 0 amide bonds. The van der Waals surface area contributed by atoms with E-state index in [1.54, 1.807) is 0 Å². The lowest BCUT2D eigenvalue weighted by molar-refractivity contribution is 0.157. The molecule has 1 saturated heterocycles. The molecular formula is C29H46N2. The Morgan fingerprint density at radius 3 is 2.23 bits per heavy atom. The van der Waals surface area contributed by atoms with Crippen molar-refractivity contribution >= 4 is 5.57 Å². The summed E-state index contributed by atoms with van der Waals surface area (Å²) in [6.07, 6.45) is 10.2. The van der Waals surface area contributed by atoms with E-state index in [2.05, 4.69) is 82.2 Å². The summed E-state index contributed by atoms with van der Waals surface area (Å²) >= 11 is 0. The van der Waals surface area contributed by atoms with Gasteiger partial charge in [-0.3, -0.25) is 4.90 Å². The van der Waals surface area contributed by atoms with Gasteiger partial charge < -0.3 is 4.90 Å². The lowest BCUT2D eigenvalue weighted by Gasteiger charge is -2.42. The number of piperazine rings is 1. The highest BCUT2D eigenvalue weighted by molar-refractivity contribution is 5.73. The lowest BCUT2D eigenvalue weighted by Crippen LogP contribution is -2.45. The van der Waals surface area contributed by atoms with Crippen LogP contribution in [0.1, 0.15) is 96.8 Å². The first-order chi connectivity index (χ1) is 14.6. The van der Waals surface area contributed by atoms with E-state index >= 15 is 0 Å². The first kappa shape index (κ1) is 24.1. The molecule has 1 aliphatic heterocycles. The van der Waals surface area contributed by atoms with E-state index in [0.717, 1.165) is 18.7 Å². The summed E-state index contributed by atoms with van der Waals surface area (Å²) < 4.78 is 0. The van der Waals surface area contributed by atoms with Gasteiger partial charge in [0.25, 0.3) is 0 Å². The van der Waals surface area contributed by atoms with Gasteiger partial charge >= 0.3 is 0 Å². The Kier molecular flexibility index (Phi) is 7.73. The topological polar surface area (TPSA) is 6.48 Å². The summed E-state index contributed by atoms with van der Waals surface area (Å²) in [7, 11) is 0. The van der Waals surface area contributed by atoms with Gasteiger partial charge in [-0.2, -0.15) is 0 Å². The molecule has 1 aromatic rings. The minimum atomic E-state index is 0.243. The first-order valence-electron chi connectivity index (χ1n) is 12.6. The number of hydrogen-bond donors (Lipinski definition) is 0. The van der Waals surface area contributed by atoms with Crippen LogP contribution in [0.2, 0.25) is 0 Å². The standard InChI is InChI=1S/C29H46N2/c1-8-9-10-11-16-30-17-19-31(20-18-30)24(3)21-23(2)25-12-13-26-27(22-25)29(6,7)15-14-28(26,4)5/h12-13,21-22H,2,8-11,14-20H2,1,3-7H3/b24-21+. The summed E-state index contributed by atoms with van der Waals surface area (Å²) in [5.74, 6) is 0. The molecule has 31 heavy (non-hydrogen) atoms. The Labute approximate surface area is 192 Å². The van der Waals surface area contributed by atoms with Crippen LogP contribution in [0.15, 0.2) is 36.6 Å². The molecule has 0 bridgehead atoms. The summed E-state index contributed by atoms with van der Waals surface area (Å²) in [5, 5.41) is 0. The summed E-state index contributed by atoms with van der Waals surface area (Å²) in [6, 6.07) is 7.09. The molecule has 0 saturated carbocycles. The minimum absolute atomic E-state index is 0.243. The van der Waals surface area contributed by atoms with Crippen molar-refractivity contribution < 1.29 is 0 Å². The molecular weight excluding hydrogens is 376 g/mol.